The van der Waals surface area contributed by atoms with Crippen molar-refractivity contribution in [3.8, 4) is 0 Å². The summed E-state index contributed by atoms with van der Waals surface area (Å²) >= 11 is 3.39. The van der Waals surface area contributed by atoms with Gasteiger partial charge in [0.05, 0.1) is 6.04 Å². The van der Waals surface area contributed by atoms with Crippen molar-refractivity contribution in [3.05, 3.63) is 34.3 Å². The van der Waals surface area contributed by atoms with Crippen molar-refractivity contribution in [3.63, 3.8) is 0 Å². The molecule has 0 saturated heterocycles. The minimum absolute atomic E-state index is 0.0287. The van der Waals surface area contributed by atoms with Crippen LogP contribution < -0.4 is 5.73 Å². The molecule has 1 rings (SSSR count). The molecule has 4 nitrogen and oxygen atoms in total. The minimum Gasteiger partial charge on any atom is -0.385 e. The second-order valence-electron chi connectivity index (χ2n) is 4.56. The van der Waals surface area contributed by atoms with E-state index in [1.165, 1.54) is 0 Å². The van der Waals surface area contributed by atoms with Gasteiger partial charge in [-0.1, -0.05) is 28.1 Å². The summed E-state index contributed by atoms with van der Waals surface area (Å²) in [6.07, 6.45) is 1.45. The van der Waals surface area contributed by atoms with Crippen LogP contribution >= 0.6 is 15.9 Å². The fraction of sp³-hybridized carbons (Fsp3) is 0.500. The third-order valence-corrected chi connectivity index (χ3v) is 3.42. The Kier molecular flexibility index (Phi) is 7.05. The number of benzene rings is 1. The fourth-order valence-corrected chi connectivity index (χ4v) is 2.06. The van der Waals surface area contributed by atoms with Gasteiger partial charge in [0.1, 0.15) is 0 Å². The number of ether oxygens (including phenoxy) is 1. The van der Waals surface area contributed by atoms with Gasteiger partial charge < -0.3 is 15.4 Å². The summed E-state index contributed by atoms with van der Waals surface area (Å²) in [6.45, 7) is 1.21. The standard InChI is InChI=1S/C14H21BrN2O2/c1-17(10-11-5-7-12(15)8-6-11)14(18)13(16)4-3-9-19-2/h5-8,13H,3-4,9-10,16H2,1-2H3. The molecule has 0 aliphatic carbocycles. The van der Waals surface area contributed by atoms with Crippen LogP contribution in [0.4, 0.5) is 0 Å². The van der Waals surface area contributed by atoms with Crippen LogP contribution in [-0.4, -0.2) is 37.6 Å². The normalized spacial score (nSPS) is 12.2. The highest BCUT2D eigenvalue weighted by Crippen LogP contribution is 2.12. The number of nitrogens with two attached hydrogens (primary N) is 1. The Labute approximate surface area is 123 Å². The highest BCUT2D eigenvalue weighted by molar-refractivity contribution is 9.10. The summed E-state index contributed by atoms with van der Waals surface area (Å²) < 4.78 is 5.98. The molecule has 0 radical (unpaired) electrons. The van der Waals surface area contributed by atoms with Crippen molar-refractivity contribution in [2.24, 2.45) is 5.73 Å². The smallest absolute Gasteiger partial charge is 0.239 e. The maximum absolute atomic E-state index is 12.1. The molecule has 0 aliphatic heterocycles. The number of hydrogen-bond acceptors (Lipinski definition) is 3. The number of likely N-dealkylation sites (N-methyl/N-ethyl adjacent to an activating group) is 1. The monoisotopic (exact) mass is 328 g/mol. The lowest BCUT2D eigenvalue weighted by Crippen LogP contribution is -2.41. The highest BCUT2D eigenvalue weighted by atomic mass is 79.9. The molecular formula is C14H21BrN2O2. The largest absolute Gasteiger partial charge is 0.385 e. The number of carbonyl (C=O) groups excluding carboxylic acids is 1. The molecule has 0 aromatic heterocycles. The predicted molar refractivity (Wildman–Crippen MR) is 79.7 cm³/mol. The summed E-state index contributed by atoms with van der Waals surface area (Å²) in [5.74, 6) is -0.0287. The second kappa shape index (κ2) is 8.30. The van der Waals surface area contributed by atoms with Gasteiger partial charge in [-0.25, -0.2) is 0 Å². The van der Waals surface area contributed by atoms with E-state index in [2.05, 4.69) is 15.9 Å². The van der Waals surface area contributed by atoms with E-state index in [0.29, 0.717) is 19.6 Å². The Hall–Kier alpha value is -0.910. The first-order chi connectivity index (χ1) is 9.04. The van der Waals surface area contributed by atoms with E-state index in [0.717, 1.165) is 16.5 Å². The maximum Gasteiger partial charge on any atom is 0.239 e. The van der Waals surface area contributed by atoms with Gasteiger partial charge in [0.15, 0.2) is 0 Å². The molecule has 0 fully saturated rings. The molecule has 0 heterocycles. The average molecular weight is 329 g/mol. The molecule has 5 heteroatoms. The molecule has 1 amide bonds. The first-order valence-corrected chi connectivity index (χ1v) is 7.08. The van der Waals surface area contributed by atoms with E-state index in [9.17, 15) is 4.79 Å². The number of carbonyl (C=O) groups is 1. The number of hydrogen-bond donors (Lipinski definition) is 1. The van der Waals surface area contributed by atoms with E-state index in [4.69, 9.17) is 10.5 Å². The molecule has 19 heavy (non-hydrogen) atoms. The van der Waals surface area contributed by atoms with Crippen LogP contribution in [0.5, 0.6) is 0 Å². The maximum atomic E-state index is 12.1. The molecule has 0 saturated carbocycles. The van der Waals surface area contributed by atoms with Gasteiger partial charge in [0, 0.05) is 31.8 Å². The average Bonchev–Trinajstić information content (AvgIpc) is 2.40. The van der Waals surface area contributed by atoms with Gasteiger partial charge in [-0.15, -0.1) is 0 Å². The molecule has 106 valence electrons. The Morgan fingerprint density at radius 3 is 2.63 bits per heavy atom. The number of rotatable bonds is 7. The topological polar surface area (TPSA) is 55.6 Å². The summed E-state index contributed by atoms with van der Waals surface area (Å²) in [7, 11) is 3.42. The van der Waals surface area contributed by atoms with Gasteiger partial charge in [0.2, 0.25) is 5.91 Å². The first-order valence-electron chi connectivity index (χ1n) is 6.28. The first kappa shape index (κ1) is 16.1. The van der Waals surface area contributed by atoms with Gasteiger partial charge in [0.25, 0.3) is 0 Å². The molecule has 1 aromatic rings. The molecule has 1 aromatic carbocycles. The van der Waals surface area contributed by atoms with Crippen LogP contribution in [0.3, 0.4) is 0 Å². The van der Waals surface area contributed by atoms with Crippen molar-refractivity contribution in [1.82, 2.24) is 4.90 Å². The Morgan fingerprint density at radius 2 is 2.05 bits per heavy atom. The molecule has 2 N–H and O–H groups in total. The van der Waals surface area contributed by atoms with Crippen molar-refractivity contribution < 1.29 is 9.53 Å². The quantitative estimate of drug-likeness (QED) is 0.780. The Balaban J connectivity index is 2.45. The highest BCUT2D eigenvalue weighted by Gasteiger charge is 2.17. The zero-order valence-electron chi connectivity index (χ0n) is 11.4. The molecule has 1 unspecified atom stereocenters. The summed E-state index contributed by atoms with van der Waals surface area (Å²) in [5.41, 5.74) is 6.97. The van der Waals surface area contributed by atoms with Gasteiger partial charge in [-0.2, -0.15) is 0 Å². The molecule has 0 spiro atoms. The number of nitrogens with zero attached hydrogens (tertiary/aromatic N) is 1. The van der Waals surface area contributed by atoms with Crippen LogP contribution in [0.25, 0.3) is 0 Å². The second-order valence-corrected chi connectivity index (χ2v) is 5.48. The third kappa shape index (κ3) is 5.72. The van der Waals surface area contributed by atoms with Crippen molar-refractivity contribution in [1.29, 1.82) is 0 Å². The minimum atomic E-state index is -0.449. The van der Waals surface area contributed by atoms with Crippen LogP contribution in [0, 0.1) is 0 Å². The zero-order valence-corrected chi connectivity index (χ0v) is 13.0. The predicted octanol–water partition coefficient (Wildman–Crippen LogP) is 2.16. The van der Waals surface area contributed by atoms with Crippen LogP contribution in [0.2, 0.25) is 0 Å². The molecular weight excluding hydrogens is 308 g/mol. The van der Waals surface area contributed by atoms with Crippen molar-refractivity contribution >= 4 is 21.8 Å². The lowest BCUT2D eigenvalue weighted by atomic mass is 10.1. The number of methoxy groups -OCH3 is 1. The van der Waals surface area contributed by atoms with Gasteiger partial charge >= 0.3 is 0 Å². The Morgan fingerprint density at radius 1 is 1.42 bits per heavy atom. The van der Waals surface area contributed by atoms with Crippen molar-refractivity contribution in [2.75, 3.05) is 20.8 Å². The zero-order chi connectivity index (χ0) is 14.3. The van der Waals surface area contributed by atoms with Crippen molar-refractivity contribution in [2.45, 2.75) is 25.4 Å². The molecule has 0 aliphatic rings. The van der Waals surface area contributed by atoms with E-state index in [-0.39, 0.29) is 5.91 Å². The number of amides is 1. The third-order valence-electron chi connectivity index (χ3n) is 2.89. The number of halogens is 1. The van der Waals surface area contributed by atoms with E-state index >= 15 is 0 Å². The molecule has 0 bridgehead atoms. The van der Waals surface area contributed by atoms with Crippen LogP contribution in [-0.2, 0) is 16.1 Å². The van der Waals surface area contributed by atoms with Crippen LogP contribution in [0.15, 0.2) is 28.7 Å². The lowest BCUT2D eigenvalue weighted by molar-refractivity contribution is -0.132. The van der Waals surface area contributed by atoms with E-state index in [1.807, 2.05) is 24.3 Å². The SMILES string of the molecule is COCCCC(N)C(=O)N(C)Cc1ccc(Br)cc1. The van der Waals surface area contributed by atoms with Gasteiger partial charge in [-0.3, -0.25) is 4.79 Å². The summed E-state index contributed by atoms with van der Waals surface area (Å²) in [4.78, 5) is 13.7. The van der Waals surface area contributed by atoms with Crippen LogP contribution in [0.1, 0.15) is 18.4 Å². The summed E-state index contributed by atoms with van der Waals surface area (Å²) in [6, 6.07) is 7.46. The molecule has 1 atom stereocenters. The Bertz CT molecular complexity index is 395. The van der Waals surface area contributed by atoms with E-state index < -0.39 is 6.04 Å². The lowest BCUT2D eigenvalue weighted by Gasteiger charge is -2.21. The fourth-order valence-electron chi connectivity index (χ4n) is 1.80. The summed E-state index contributed by atoms with van der Waals surface area (Å²) in [5, 5.41) is 0. The van der Waals surface area contributed by atoms with E-state index in [1.54, 1.807) is 19.1 Å². The van der Waals surface area contributed by atoms with Gasteiger partial charge in [-0.05, 0) is 30.5 Å².